The Morgan fingerprint density at radius 3 is 2.75 bits per heavy atom. The molecule has 1 fully saturated rings. The lowest BCUT2D eigenvalue weighted by Gasteiger charge is -2.26. The van der Waals surface area contributed by atoms with E-state index in [1.807, 2.05) is 24.3 Å². The van der Waals surface area contributed by atoms with Crippen LogP contribution in [0.1, 0.15) is 23.2 Å². The van der Waals surface area contributed by atoms with Gasteiger partial charge in [-0.05, 0) is 43.2 Å². The summed E-state index contributed by atoms with van der Waals surface area (Å²) in [6.07, 6.45) is 0.932. The summed E-state index contributed by atoms with van der Waals surface area (Å²) in [7, 11) is 0. The molecule has 28 heavy (non-hydrogen) atoms. The second-order valence-electron chi connectivity index (χ2n) is 6.78. The summed E-state index contributed by atoms with van der Waals surface area (Å²) in [5, 5.41) is 5.66. The molecule has 0 aliphatic carbocycles. The summed E-state index contributed by atoms with van der Waals surface area (Å²) in [6.45, 7) is 1.30. The molecule has 2 amide bonds. The van der Waals surface area contributed by atoms with E-state index in [0.29, 0.717) is 42.5 Å². The topological polar surface area (TPSA) is 85.9 Å². The first-order valence-corrected chi connectivity index (χ1v) is 9.38. The van der Waals surface area contributed by atoms with Crippen LogP contribution in [0.2, 0.25) is 0 Å². The largest absolute Gasteiger partial charge is 0.486 e. The monoisotopic (exact) mass is 382 g/mol. The summed E-state index contributed by atoms with van der Waals surface area (Å²) in [4.78, 5) is 24.6. The van der Waals surface area contributed by atoms with Crippen molar-refractivity contribution in [3.8, 4) is 11.5 Å². The first kappa shape index (κ1) is 18.3. The number of carbonyl (C=O) groups excluding carboxylic acids is 2. The Kier molecular flexibility index (Phi) is 5.43. The number of anilines is 1. The molecule has 0 spiro atoms. The van der Waals surface area contributed by atoms with E-state index in [9.17, 15) is 9.59 Å². The highest BCUT2D eigenvalue weighted by Crippen LogP contribution is 2.30. The maximum atomic E-state index is 12.5. The van der Waals surface area contributed by atoms with Crippen LogP contribution in [0, 0.1) is 0 Å². The number of rotatable bonds is 5. The fourth-order valence-corrected chi connectivity index (χ4v) is 3.22. The predicted octanol–water partition coefficient (Wildman–Crippen LogP) is 2.37. The van der Waals surface area contributed by atoms with Crippen LogP contribution in [0.3, 0.4) is 0 Å². The third kappa shape index (κ3) is 4.26. The van der Waals surface area contributed by atoms with Gasteiger partial charge in [-0.25, -0.2) is 0 Å². The Morgan fingerprint density at radius 1 is 1.07 bits per heavy atom. The number of amides is 2. The smallest absolute Gasteiger partial charge is 0.253 e. The van der Waals surface area contributed by atoms with Crippen molar-refractivity contribution < 1.29 is 23.8 Å². The van der Waals surface area contributed by atoms with Crippen LogP contribution in [-0.2, 0) is 9.53 Å². The van der Waals surface area contributed by atoms with Gasteiger partial charge in [0, 0.05) is 17.9 Å². The third-order valence-corrected chi connectivity index (χ3v) is 4.67. The zero-order valence-electron chi connectivity index (χ0n) is 15.4. The van der Waals surface area contributed by atoms with E-state index in [4.69, 9.17) is 14.2 Å². The maximum absolute atomic E-state index is 12.5. The van der Waals surface area contributed by atoms with Gasteiger partial charge in [0.15, 0.2) is 11.5 Å². The molecule has 7 heteroatoms. The van der Waals surface area contributed by atoms with Crippen molar-refractivity contribution in [2.45, 2.75) is 25.0 Å². The summed E-state index contributed by atoms with van der Waals surface area (Å²) in [5.41, 5.74) is 1.03. The van der Waals surface area contributed by atoms with E-state index in [2.05, 4.69) is 10.6 Å². The van der Waals surface area contributed by atoms with Gasteiger partial charge >= 0.3 is 0 Å². The Labute approximate surface area is 163 Å². The highest BCUT2D eigenvalue weighted by Gasteiger charge is 2.24. The molecule has 2 aromatic carbocycles. The zero-order valence-corrected chi connectivity index (χ0v) is 15.4. The van der Waals surface area contributed by atoms with Crippen molar-refractivity contribution in [1.29, 1.82) is 0 Å². The predicted molar refractivity (Wildman–Crippen MR) is 103 cm³/mol. The highest BCUT2D eigenvalue weighted by molar-refractivity contribution is 5.98. The first-order chi connectivity index (χ1) is 13.7. The Morgan fingerprint density at radius 2 is 1.93 bits per heavy atom. The molecule has 0 bridgehead atoms. The van der Waals surface area contributed by atoms with Crippen molar-refractivity contribution in [2.75, 3.05) is 25.1 Å². The molecule has 2 N–H and O–H groups in total. The molecule has 1 saturated heterocycles. The summed E-state index contributed by atoms with van der Waals surface area (Å²) >= 11 is 0. The quantitative estimate of drug-likeness (QED) is 0.829. The van der Waals surface area contributed by atoms with Crippen molar-refractivity contribution in [2.24, 2.45) is 0 Å². The molecule has 4 rings (SSSR count). The Hall–Kier alpha value is -3.06. The molecule has 0 radical (unpaired) electrons. The summed E-state index contributed by atoms with van der Waals surface area (Å²) in [5.74, 6) is 0.962. The maximum Gasteiger partial charge on any atom is 0.253 e. The van der Waals surface area contributed by atoms with Gasteiger partial charge in [0.2, 0.25) is 0 Å². The van der Waals surface area contributed by atoms with Crippen LogP contribution >= 0.6 is 0 Å². The Balaban J connectivity index is 1.32. The molecule has 0 unspecified atom stereocenters. The number of hydrogen-bond acceptors (Lipinski definition) is 5. The Bertz CT molecular complexity index is 863. The second kappa shape index (κ2) is 8.31. The third-order valence-electron chi connectivity index (χ3n) is 4.67. The highest BCUT2D eigenvalue weighted by atomic mass is 16.6. The van der Waals surface area contributed by atoms with Crippen LogP contribution in [0.25, 0.3) is 0 Å². The lowest BCUT2D eigenvalue weighted by Crippen LogP contribution is -2.40. The number of hydrogen-bond donors (Lipinski definition) is 2. The number of para-hydroxylation sites is 2. The van der Waals surface area contributed by atoms with Crippen molar-refractivity contribution in [1.82, 2.24) is 5.32 Å². The molecule has 2 aromatic rings. The van der Waals surface area contributed by atoms with Gasteiger partial charge < -0.3 is 24.8 Å². The van der Waals surface area contributed by atoms with Gasteiger partial charge in [0.05, 0.1) is 6.54 Å². The van der Waals surface area contributed by atoms with E-state index < -0.39 is 6.10 Å². The fraction of sp³-hybridized carbons (Fsp3) is 0.333. The molecule has 146 valence electrons. The van der Waals surface area contributed by atoms with Crippen molar-refractivity contribution in [3.63, 3.8) is 0 Å². The van der Waals surface area contributed by atoms with Crippen LogP contribution in [-0.4, -0.2) is 43.8 Å². The second-order valence-corrected chi connectivity index (χ2v) is 6.78. The van der Waals surface area contributed by atoms with Crippen molar-refractivity contribution in [3.05, 3.63) is 54.1 Å². The zero-order chi connectivity index (χ0) is 19.3. The van der Waals surface area contributed by atoms with E-state index in [1.54, 1.807) is 24.3 Å². The molecule has 7 nitrogen and oxygen atoms in total. The standard InChI is InChI=1S/C21H22N2O5/c24-20(22-12-16-13-27-17-7-1-2-8-18(17)28-16)14-5-3-6-15(11-14)23-21(25)19-9-4-10-26-19/h1-3,5-8,11,16,19H,4,9-10,12-13H2,(H,22,24)(H,23,25)/t16-,19+/m1/s1. The molecule has 2 atom stereocenters. The molecular formula is C21H22N2O5. The van der Waals surface area contributed by atoms with Crippen LogP contribution in [0.15, 0.2) is 48.5 Å². The van der Waals surface area contributed by atoms with Gasteiger partial charge in [-0.15, -0.1) is 0 Å². The summed E-state index contributed by atoms with van der Waals surface area (Å²) in [6, 6.07) is 14.3. The summed E-state index contributed by atoms with van der Waals surface area (Å²) < 4.78 is 16.9. The van der Waals surface area contributed by atoms with E-state index in [1.165, 1.54) is 0 Å². The van der Waals surface area contributed by atoms with E-state index >= 15 is 0 Å². The van der Waals surface area contributed by atoms with Gasteiger partial charge in [0.25, 0.3) is 11.8 Å². The van der Waals surface area contributed by atoms with E-state index in [0.717, 1.165) is 12.8 Å². The van der Waals surface area contributed by atoms with Gasteiger partial charge in [-0.3, -0.25) is 9.59 Å². The normalized spacial score (nSPS) is 20.4. The molecule has 2 aliphatic rings. The van der Waals surface area contributed by atoms with Gasteiger partial charge in [-0.2, -0.15) is 0 Å². The van der Waals surface area contributed by atoms with Crippen molar-refractivity contribution >= 4 is 17.5 Å². The van der Waals surface area contributed by atoms with Crippen LogP contribution in [0.4, 0.5) is 5.69 Å². The van der Waals surface area contributed by atoms with Crippen LogP contribution in [0.5, 0.6) is 11.5 Å². The average molecular weight is 382 g/mol. The minimum atomic E-state index is -0.413. The molecular weight excluding hydrogens is 360 g/mol. The fourth-order valence-electron chi connectivity index (χ4n) is 3.22. The molecule has 2 heterocycles. The lowest BCUT2D eigenvalue weighted by molar-refractivity contribution is -0.124. The molecule has 2 aliphatic heterocycles. The van der Waals surface area contributed by atoms with Gasteiger partial charge in [0.1, 0.15) is 18.8 Å². The first-order valence-electron chi connectivity index (χ1n) is 9.38. The number of ether oxygens (including phenoxy) is 3. The lowest BCUT2D eigenvalue weighted by atomic mass is 10.1. The number of nitrogens with one attached hydrogen (secondary N) is 2. The van der Waals surface area contributed by atoms with Gasteiger partial charge in [-0.1, -0.05) is 18.2 Å². The minimum Gasteiger partial charge on any atom is -0.486 e. The number of benzene rings is 2. The minimum absolute atomic E-state index is 0.179. The number of fused-ring (bicyclic) bond motifs is 1. The average Bonchev–Trinajstić information content (AvgIpc) is 3.27. The van der Waals surface area contributed by atoms with E-state index in [-0.39, 0.29) is 17.9 Å². The number of carbonyl (C=O) groups is 2. The molecule has 0 saturated carbocycles. The van der Waals surface area contributed by atoms with Crippen LogP contribution < -0.4 is 20.1 Å². The molecule has 0 aromatic heterocycles. The SMILES string of the molecule is O=C(NC[C@@H]1COc2ccccc2O1)c1cccc(NC(=O)[C@@H]2CCCO2)c1.